The summed E-state index contributed by atoms with van der Waals surface area (Å²) in [7, 11) is 0. The van der Waals surface area contributed by atoms with Crippen LogP contribution < -0.4 is 5.32 Å². The van der Waals surface area contributed by atoms with Gasteiger partial charge < -0.3 is 10.1 Å². The third-order valence-corrected chi connectivity index (χ3v) is 5.35. The van der Waals surface area contributed by atoms with Gasteiger partial charge in [-0.3, -0.25) is 4.79 Å². The molecule has 0 aromatic rings. The van der Waals surface area contributed by atoms with E-state index in [0.717, 1.165) is 25.7 Å². The molecular formula is C16H23NO3. The highest BCUT2D eigenvalue weighted by Crippen LogP contribution is 2.52. The van der Waals surface area contributed by atoms with E-state index < -0.39 is 5.41 Å². The molecule has 0 saturated heterocycles. The quantitative estimate of drug-likeness (QED) is 0.804. The fourth-order valence-electron chi connectivity index (χ4n) is 4.10. The number of hydrogen-bond donors (Lipinski definition) is 1. The smallest absolute Gasteiger partial charge is 0.407 e. The summed E-state index contributed by atoms with van der Waals surface area (Å²) in [6, 6.07) is 0.260. The van der Waals surface area contributed by atoms with Crippen LogP contribution in [-0.2, 0) is 9.53 Å². The van der Waals surface area contributed by atoms with Gasteiger partial charge in [0.15, 0.2) is 0 Å². The van der Waals surface area contributed by atoms with E-state index in [1.165, 1.54) is 12.8 Å². The molecule has 4 heteroatoms. The monoisotopic (exact) mass is 277 g/mol. The predicted octanol–water partition coefficient (Wildman–Crippen LogP) is 2.83. The van der Waals surface area contributed by atoms with Crippen molar-refractivity contribution >= 4 is 11.9 Å². The Kier molecular flexibility index (Phi) is 3.57. The van der Waals surface area contributed by atoms with Gasteiger partial charge in [0.2, 0.25) is 0 Å². The molecule has 4 nitrogen and oxygen atoms in total. The third kappa shape index (κ3) is 2.36. The highest BCUT2D eigenvalue weighted by molar-refractivity contribution is 5.84. The molecule has 2 bridgehead atoms. The number of alkyl carbamates (subject to hydrolysis) is 1. The van der Waals surface area contributed by atoms with Crippen LogP contribution in [-0.4, -0.2) is 24.5 Å². The van der Waals surface area contributed by atoms with Gasteiger partial charge in [-0.1, -0.05) is 25.0 Å². The number of ketones is 1. The van der Waals surface area contributed by atoms with Gasteiger partial charge in [-0.15, -0.1) is 0 Å². The zero-order valence-electron chi connectivity index (χ0n) is 12.1. The maximum atomic E-state index is 12.1. The Morgan fingerprint density at radius 2 is 2.05 bits per heavy atom. The summed E-state index contributed by atoms with van der Waals surface area (Å²) in [5.41, 5.74) is -0.466. The van der Waals surface area contributed by atoms with Gasteiger partial charge in [0.1, 0.15) is 12.4 Å². The number of hydrogen-bond acceptors (Lipinski definition) is 3. The van der Waals surface area contributed by atoms with Gasteiger partial charge in [0.05, 0.1) is 5.41 Å². The van der Waals surface area contributed by atoms with Gasteiger partial charge in [-0.05, 0) is 44.4 Å². The molecule has 0 spiro atoms. The van der Waals surface area contributed by atoms with Crippen LogP contribution in [0.4, 0.5) is 4.79 Å². The molecule has 2 saturated carbocycles. The summed E-state index contributed by atoms with van der Waals surface area (Å²) < 4.78 is 5.40. The first-order chi connectivity index (χ1) is 9.60. The number of carbonyl (C=O) groups is 2. The molecule has 3 unspecified atom stereocenters. The zero-order chi connectivity index (χ0) is 14.2. The molecule has 3 aliphatic carbocycles. The first-order valence-corrected chi connectivity index (χ1v) is 7.73. The topological polar surface area (TPSA) is 55.4 Å². The number of rotatable bonds is 4. The van der Waals surface area contributed by atoms with Crippen molar-refractivity contribution in [3.05, 3.63) is 12.2 Å². The number of amides is 1. The SMILES string of the molecule is CC(=O)C1(COC(=O)NC2CCCC2)CC2C=CC1C2. The molecule has 110 valence electrons. The molecule has 0 aliphatic heterocycles. The number of nitrogens with one attached hydrogen (secondary N) is 1. The molecule has 1 N–H and O–H groups in total. The fourth-order valence-corrected chi connectivity index (χ4v) is 4.10. The van der Waals surface area contributed by atoms with E-state index in [1.807, 2.05) is 0 Å². The average molecular weight is 277 g/mol. The van der Waals surface area contributed by atoms with Gasteiger partial charge in [0.25, 0.3) is 0 Å². The Labute approximate surface area is 119 Å². The van der Waals surface area contributed by atoms with Crippen LogP contribution in [0.1, 0.15) is 45.4 Å². The van der Waals surface area contributed by atoms with Gasteiger partial charge in [-0.2, -0.15) is 0 Å². The van der Waals surface area contributed by atoms with Crippen LogP contribution in [0, 0.1) is 17.3 Å². The maximum absolute atomic E-state index is 12.1. The molecule has 1 amide bonds. The van der Waals surface area contributed by atoms with Crippen LogP contribution in [0.25, 0.3) is 0 Å². The second-order valence-corrected chi connectivity index (χ2v) is 6.61. The van der Waals surface area contributed by atoms with E-state index in [-0.39, 0.29) is 30.4 Å². The minimum absolute atomic E-state index is 0.156. The number of allylic oxidation sites excluding steroid dienone is 2. The van der Waals surface area contributed by atoms with Crippen molar-refractivity contribution in [2.24, 2.45) is 17.3 Å². The van der Waals surface area contributed by atoms with Crippen molar-refractivity contribution in [1.82, 2.24) is 5.32 Å². The summed E-state index contributed by atoms with van der Waals surface area (Å²) in [4.78, 5) is 23.9. The molecular weight excluding hydrogens is 254 g/mol. The molecule has 0 aromatic heterocycles. The van der Waals surface area contributed by atoms with Crippen LogP contribution >= 0.6 is 0 Å². The molecule has 0 heterocycles. The van der Waals surface area contributed by atoms with Crippen molar-refractivity contribution in [3.8, 4) is 0 Å². The minimum Gasteiger partial charge on any atom is -0.448 e. The van der Waals surface area contributed by atoms with Gasteiger partial charge in [-0.25, -0.2) is 4.79 Å². The second kappa shape index (κ2) is 5.23. The normalized spacial score (nSPS) is 35.5. The maximum Gasteiger partial charge on any atom is 0.407 e. The van der Waals surface area contributed by atoms with Crippen LogP contribution in [0.5, 0.6) is 0 Å². The molecule has 0 aromatic carbocycles. The van der Waals surface area contributed by atoms with Crippen LogP contribution in [0.15, 0.2) is 12.2 Å². The summed E-state index contributed by atoms with van der Waals surface area (Å²) in [6.07, 6.45) is 10.3. The summed E-state index contributed by atoms with van der Waals surface area (Å²) >= 11 is 0. The van der Waals surface area contributed by atoms with Crippen molar-refractivity contribution in [3.63, 3.8) is 0 Å². The number of fused-ring (bicyclic) bond motifs is 2. The second-order valence-electron chi connectivity index (χ2n) is 6.61. The van der Waals surface area contributed by atoms with Crippen molar-refractivity contribution in [2.75, 3.05) is 6.61 Å². The lowest BCUT2D eigenvalue weighted by Gasteiger charge is -2.32. The van der Waals surface area contributed by atoms with Crippen molar-refractivity contribution in [1.29, 1.82) is 0 Å². The van der Waals surface area contributed by atoms with Crippen LogP contribution in [0.2, 0.25) is 0 Å². The van der Waals surface area contributed by atoms with E-state index >= 15 is 0 Å². The van der Waals surface area contributed by atoms with E-state index in [9.17, 15) is 9.59 Å². The average Bonchev–Trinajstić information content (AvgIpc) is 3.12. The van der Waals surface area contributed by atoms with E-state index in [4.69, 9.17) is 4.74 Å². The highest BCUT2D eigenvalue weighted by Gasteiger charge is 2.52. The molecule has 20 heavy (non-hydrogen) atoms. The largest absolute Gasteiger partial charge is 0.448 e. The lowest BCUT2D eigenvalue weighted by molar-refractivity contribution is -0.130. The molecule has 3 aliphatic rings. The Balaban J connectivity index is 1.57. The number of ether oxygens (including phenoxy) is 1. The first kappa shape index (κ1) is 13.7. The Hall–Kier alpha value is -1.32. The fraction of sp³-hybridized carbons (Fsp3) is 0.750. The van der Waals surface area contributed by atoms with Crippen LogP contribution in [0.3, 0.4) is 0 Å². The number of carbonyl (C=O) groups excluding carboxylic acids is 2. The highest BCUT2D eigenvalue weighted by atomic mass is 16.5. The molecule has 0 radical (unpaired) electrons. The lowest BCUT2D eigenvalue weighted by atomic mass is 9.73. The van der Waals surface area contributed by atoms with E-state index in [2.05, 4.69) is 17.5 Å². The standard InChI is InChI=1S/C16H23NO3/c1-11(18)16(9-12-6-7-13(16)8-12)10-20-15(19)17-14-4-2-3-5-14/h6-7,12-14H,2-5,8-10H2,1H3,(H,17,19). The van der Waals surface area contributed by atoms with E-state index in [0.29, 0.717) is 5.92 Å². The zero-order valence-corrected chi connectivity index (χ0v) is 12.1. The van der Waals surface area contributed by atoms with Crippen molar-refractivity contribution in [2.45, 2.75) is 51.5 Å². The number of Topliss-reactive ketones (excluding diaryl/α,β-unsaturated/α-hetero) is 1. The summed E-state index contributed by atoms with van der Waals surface area (Å²) in [5, 5.41) is 2.91. The lowest BCUT2D eigenvalue weighted by Crippen LogP contribution is -2.41. The Morgan fingerprint density at radius 1 is 1.30 bits per heavy atom. The van der Waals surface area contributed by atoms with E-state index in [1.54, 1.807) is 6.92 Å². The first-order valence-electron chi connectivity index (χ1n) is 7.73. The third-order valence-electron chi connectivity index (χ3n) is 5.35. The van der Waals surface area contributed by atoms with Gasteiger partial charge >= 0.3 is 6.09 Å². The Bertz CT molecular complexity index is 439. The summed E-state index contributed by atoms with van der Waals surface area (Å²) in [6.45, 7) is 1.86. The molecule has 3 atom stereocenters. The molecule has 2 fully saturated rings. The Morgan fingerprint density at radius 3 is 2.60 bits per heavy atom. The van der Waals surface area contributed by atoms with Crippen molar-refractivity contribution < 1.29 is 14.3 Å². The molecule has 3 rings (SSSR count). The summed E-state index contributed by atoms with van der Waals surface area (Å²) in [5.74, 6) is 0.901. The van der Waals surface area contributed by atoms with Gasteiger partial charge in [0, 0.05) is 6.04 Å². The predicted molar refractivity (Wildman–Crippen MR) is 75.2 cm³/mol. The minimum atomic E-state index is -0.466.